The monoisotopic (exact) mass is 328 g/mol. The van der Waals surface area contributed by atoms with Gasteiger partial charge in [-0.15, -0.1) is 0 Å². The summed E-state index contributed by atoms with van der Waals surface area (Å²) in [5.41, 5.74) is 7.03. The highest BCUT2D eigenvalue weighted by molar-refractivity contribution is 6.31. The molecule has 1 N–H and O–H groups in total. The Morgan fingerprint density at radius 1 is 1.04 bits per heavy atom. The van der Waals surface area contributed by atoms with Crippen molar-refractivity contribution in [2.75, 3.05) is 11.9 Å². The largest absolute Gasteiger partial charge is 0.325 e. The van der Waals surface area contributed by atoms with E-state index >= 15 is 0 Å². The van der Waals surface area contributed by atoms with Crippen LogP contribution < -0.4 is 5.32 Å². The number of hydrogen-bond acceptors (Lipinski definition) is 2. The molecule has 0 spiro atoms. The van der Waals surface area contributed by atoms with Crippen molar-refractivity contribution in [2.45, 2.75) is 33.9 Å². The van der Waals surface area contributed by atoms with E-state index in [1.165, 1.54) is 22.3 Å². The smallest absolute Gasteiger partial charge is 0.238 e. The molecule has 0 atom stereocenters. The van der Waals surface area contributed by atoms with Crippen LogP contribution in [0.15, 0.2) is 30.3 Å². The number of halogens is 1. The van der Waals surface area contributed by atoms with Crippen molar-refractivity contribution in [1.29, 1.82) is 0 Å². The molecule has 2 aromatic carbocycles. The third kappa shape index (κ3) is 3.57. The normalized spacial score (nSPS) is 13.9. The van der Waals surface area contributed by atoms with Crippen LogP contribution in [0.4, 0.5) is 5.69 Å². The van der Waals surface area contributed by atoms with Crippen LogP contribution in [0.5, 0.6) is 0 Å². The first kappa shape index (κ1) is 16.0. The molecule has 0 bridgehead atoms. The van der Waals surface area contributed by atoms with Gasteiger partial charge >= 0.3 is 0 Å². The Morgan fingerprint density at radius 2 is 1.65 bits per heavy atom. The van der Waals surface area contributed by atoms with E-state index in [2.05, 4.69) is 36.2 Å². The molecule has 3 nitrogen and oxygen atoms in total. The van der Waals surface area contributed by atoms with Gasteiger partial charge in [-0.2, -0.15) is 0 Å². The minimum absolute atomic E-state index is 0.00818. The van der Waals surface area contributed by atoms with Gasteiger partial charge in [-0.05, 0) is 60.7 Å². The molecule has 120 valence electrons. The Morgan fingerprint density at radius 3 is 2.22 bits per heavy atom. The average molecular weight is 329 g/mol. The molecular formula is C19H21ClN2O. The van der Waals surface area contributed by atoms with E-state index in [0.717, 1.165) is 24.3 Å². The second kappa shape index (κ2) is 6.34. The van der Waals surface area contributed by atoms with Gasteiger partial charge in [-0.25, -0.2) is 0 Å². The van der Waals surface area contributed by atoms with E-state index in [1.807, 2.05) is 19.1 Å². The van der Waals surface area contributed by atoms with E-state index in [4.69, 9.17) is 11.6 Å². The Labute approximate surface area is 142 Å². The van der Waals surface area contributed by atoms with E-state index in [0.29, 0.717) is 11.6 Å². The minimum atomic E-state index is -0.00818. The molecule has 2 aromatic rings. The molecule has 0 radical (unpaired) electrons. The number of anilines is 1. The molecule has 1 heterocycles. The zero-order chi connectivity index (χ0) is 16.6. The highest BCUT2D eigenvalue weighted by atomic mass is 35.5. The van der Waals surface area contributed by atoms with Gasteiger partial charge in [0.05, 0.1) is 6.54 Å². The number of carbonyl (C=O) groups excluding carboxylic acids is 1. The fraction of sp³-hybridized carbons (Fsp3) is 0.316. The molecule has 0 fully saturated rings. The van der Waals surface area contributed by atoms with Crippen LogP contribution in [0, 0.1) is 20.8 Å². The lowest BCUT2D eigenvalue weighted by molar-refractivity contribution is -0.117. The fourth-order valence-electron chi connectivity index (χ4n) is 2.95. The van der Waals surface area contributed by atoms with Crippen molar-refractivity contribution >= 4 is 23.2 Å². The number of carbonyl (C=O) groups is 1. The second-order valence-corrected chi connectivity index (χ2v) is 6.77. The number of aryl methyl sites for hydroxylation is 3. The van der Waals surface area contributed by atoms with Crippen molar-refractivity contribution in [2.24, 2.45) is 0 Å². The van der Waals surface area contributed by atoms with Crippen molar-refractivity contribution in [1.82, 2.24) is 4.90 Å². The number of fused-ring (bicyclic) bond motifs is 1. The fourth-order valence-corrected chi connectivity index (χ4v) is 3.13. The Hall–Kier alpha value is -1.84. The summed E-state index contributed by atoms with van der Waals surface area (Å²) in [5, 5.41) is 3.59. The summed E-state index contributed by atoms with van der Waals surface area (Å²) in [5.74, 6) is -0.00818. The molecule has 0 unspecified atom stereocenters. The predicted octanol–water partition coefficient (Wildman–Crippen LogP) is 4.22. The van der Waals surface area contributed by atoms with Gasteiger partial charge in [0.15, 0.2) is 0 Å². The summed E-state index contributed by atoms with van der Waals surface area (Å²) < 4.78 is 0. The zero-order valence-electron chi connectivity index (χ0n) is 13.7. The first-order valence-electron chi connectivity index (χ1n) is 7.80. The van der Waals surface area contributed by atoms with Gasteiger partial charge in [0.1, 0.15) is 0 Å². The molecule has 0 saturated carbocycles. The van der Waals surface area contributed by atoms with Gasteiger partial charge in [0.25, 0.3) is 0 Å². The Kier molecular flexibility index (Phi) is 4.42. The molecule has 23 heavy (non-hydrogen) atoms. The highest BCUT2D eigenvalue weighted by Crippen LogP contribution is 2.26. The lowest BCUT2D eigenvalue weighted by Gasteiger charge is -2.14. The highest BCUT2D eigenvalue weighted by Gasteiger charge is 2.21. The van der Waals surface area contributed by atoms with Crippen molar-refractivity contribution < 1.29 is 4.79 Å². The van der Waals surface area contributed by atoms with E-state index in [-0.39, 0.29) is 5.91 Å². The summed E-state index contributed by atoms with van der Waals surface area (Å²) in [6.07, 6.45) is 0. The van der Waals surface area contributed by atoms with Crippen molar-refractivity contribution in [3.63, 3.8) is 0 Å². The van der Waals surface area contributed by atoms with Crippen LogP contribution >= 0.6 is 11.6 Å². The average Bonchev–Trinajstić information content (AvgIpc) is 2.84. The van der Waals surface area contributed by atoms with Gasteiger partial charge in [0.2, 0.25) is 5.91 Å². The lowest BCUT2D eigenvalue weighted by Crippen LogP contribution is -2.29. The van der Waals surface area contributed by atoms with Crippen LogP contribution in [0.25, 0.3) is 0 Å². The molecule has 0 aliphatic carbocycles. The minimum Gasteiger partial charge on any atom is -0.325 e. The van der Waals surface area contributed by atoms with Crippen LogP contribution in [-0.4, -0.2) is 17.4 Å². The van der Waals surface area contributed by atoms with Crippen LogP contribution in [0.2, 0.25) is 5.02 Å². The van der Waals surface area contributed by atoms with E-state index in [9.17, 15) is 4.79 Å². The quantitative estimate of drug-likeness (QED) is 0.915. The van der Waals surface area contributed by atoms with E-state index in [1.54, 1.807) is 6.07 Å². The molecule has 1 aliphatic rings. The molecule has 0 aromatic heterocycles. The summed E-state index contributed by atoms with van der Waals surface area (Å²) in [6.45, 7) is 8.26. The first-order chi connectivity index (χ1) is 10.9. The number of hydrogen-bond donors (Lipinski definition) is 1. The molecule has 4 heteroatoms. The molecular weight excluding hydrogens is 308 g/mol. The third-order valence-corrected chi connectivity index (χ3v) is 4.83. The maximum atomic E-state index is 12.3. The Balaban J connectivity index is 1.62. The number of nitrogens with one attached hydrogen (secondary N) is 1. The van der Waals surface area contributed by atoms with Crippen LogP contribution in [0.1, 0.15) is 27.8 Å². The SMILES string of the molecule is Cc1cc2c(cc1C)CN(CC(=O)Nc1ccc(C)c(Cl)c1)C2. The standard InChI is InChI=1S/C19H21ClN2O/c1-12-4-5-17(8-18(12)20)21-19(23)11-22-9-15-6-13(2)14(3)7-16(15)10-22/h4-8H,9-11H2,1-3H3,(H,21,23). The van der Waals surface area contributed by atoms with Crippen molar-refractivity contribution in [3.05, 3.63) is 63.2 Å². The number of amides is 1. The van der Waals surface area contributed by atoms with Gasteiger partial charge in [0, 0.05) is 23.8 Å². The lowest BCUT2D eigenvalue weighted by atomic mass is 10.0. The summed E-state index contributed by atoms with van der Waals surface area (Å²) in [6, 6.07) is 10.1. The zero-order valence-corrected chi connectivity index (χ0v) is 14.5. The maximum absolute atomic E-state index is 12.3. The molecule has 3 rings (SSSR count). The first-order valence-corrected chi connectivity index (χ1v) is 8.17. The summed E-state index contributed by atoms with van der Waals surface area (Å²) >= 11 is 6.10. The predicted molar refractivity (Wildman–Crippen MR) is 94.8 cm³/mol. The summed E-state index contributed by atoms with van der Waals surface area (Å²) in [4.78, 5) is 14.4. The number of rotatable bonds is 3. The third-order valence-electron chi connectivity index (χ3n) is 4.43. The second-order valence-electron chi connectivity index (χ2n) is 6.36. The van der Waals surface area contributed by atoms with Gasteiger partial charge in [-0.1, -0.05) is 29.8 Å². The Bertz CT molecular complexity index is 739. The van der Waals surface area contributed by atoms with E-state index < -0.39 is 0 Å². The maximum Gasteiger partial charge on any atom is 0.238 e. The molecule has 1 aliphatic heterocycles. The molecule has 0 saturated heterocycles. The topological polar surface area (TPSA) is 32.3 Å². The van der Waals surface area contributed by atoms with Crippen LogP contribution in [-0.2, 0) is 17.9 Å². The van der Waals surface area contributed by atoms with Crippen LogP contribution in [0.3, 0.4) is 0 Å². The van der Waals surface area contributed by atoms with Crippen molar-refractivity contribution in [3.8, 4) is 0 Å². The number of benzene rings is 2. The number of nitrogens with zero attached hydrogens (tertiary/aromatic N) is 1. The molecule has 1 amide bonds. The summed E-state index contributed by atoms with van der Waals surface area (Å²) in [7, 11) is 0. The van der Waals surface area contributed by atoms with Gasteiger partial charge in [-0.3, -0.25) is 9.69 Å². The van der Waals surface area contributed by atoms with Gasteiger partial charge < -0.3 is 5.32 Å².